The van der Waals surface area contributed by atoms with Gasteiger partial charge in [0.15, 0.2) is 0 Å². The number of hydrogen-bond donors (Lipinski definition) is 0. The van der Waals surface area contributed by atoms with Crippen LogP contribution in [0.2, 0.25) is 0 Å². The number of rotatable bonds is 3. The summed E-state index contributed by atoms with van der Waals surface area (Å²) in [6.45, 7) is 4.38. The first kappa shape index (κ1) is 17.9. The predicted octanol–water partition coefficient (Wildman–Crippen LogP) is 8.19. The third-order valence-corrected chi connectivity index (χ3v) is 7.01. The van der Waals surface area contributed by atoms with Gasteiger partial charge in [0.05, 0.1) is 12.4 Å². The van der Waals surface area contributed by atoms with Crippen molar-refractivity contribution in [1.29, 1.82) is 0 Å². The number of aromatic nitrogens is 2. The molecule has 0 saturated heterocycles. The maximum atomic E-state index is 7.98. The highest BCUT2D eigenvalue weighted by molar-refractivity contribution is 7.17. The Labute approximate surface area is 192 Å². The monoisotopic (exact) mass is 431 g/mol. The molecule has 154 valence electrons. The number of nitrogens with zero attached hydrogens (tertiary/aromatic N) is 2. The molecule has 0 fully saturated rings. The van der Waals surface area contributed by atoms with Crippen molar-refractivity contribution in [2.45, 2.75) is 13.8 Å². The van der Waals surface area contributed by atoms with Crippen molar-refractivity contribution in [2.75, 3.05) is 0 Å². The molecule has 0 unspecified atom stereocenters. The summed E-state index contributed by atoms with van der Waals surface area (Å²) in [4.78, 5) is 5.07. The van der Waals surface area contributed by atoms with E-state index in [1.807, 2.05) is 24.3 Å². The Balaban J connectivity index is 1.62. The van der Waals surface area contributed by atoms with Gasteiger partial charge >= 0.3 is 0 Å². The molecule has 0 amide bonds. The minimum atomic E-state index is 0.534. The smallest absolute Gasteiger partial charge is 0.147 e. The Morgan fingerprint density at radius 2 is 1.59 bits per heavy atom. The zero-order valence-corrected chi connectivity index (χ0v) is 18.8. The van der Waals surface area contributed by atoms with Crippen molar-refractivity contribution in [3.63, 3.8) is 0 Å². The molecule has 2 heterocycles. The van der Waals surface area contributed by atoms with Crippen molar-refractivity contribution in [3.05, 3.63) is 107 Å². The zero-order chi connectivity index (χ0) is 22.5. The Hall–Kier alpha value is -3.69. The van der Waals surface area contributed by atoms with Crippen LogP contribution in [0.25, 0.3) is 49.3 Å². The fourth-order valence-electron chi connectivity index (χ4n) is 4.69. The standard InChI is InChI=1S/C29H22N2S/c1-19-16-22(17-20(2)28(19)21-10-4-3-5-11-21)31-26-14-8-7-13-25(26)30-29(31)24-18-32-27-15-9-6-12-23(24)27/h3-18H,1-2H3/i9D. The van der Waals surface area contributed by atoms with Crippen LogP contribution < -0.4 is 0 Å². The number of thiophene rings is 1. The van der Waals surface area contributed by atoms with E-state index in [0.29, 0.717) is 6.04 Å². The predicted molar refractivity (Wildman–Crippen MR) is 137 cm³/mol. The molecule has 0 aliphatic heterocycles. The summed E-state index contributed by atoms with van der Waals surface area (Å²) < 4.78 is 11.4. The molecule has 6 aromatic rings. The maximum absolute atomic E-state index is 7.98. The molecule has 0 atom stereocenters. The lowest BCUT2D eigenvalue weighted by Gasteiger charge is -2.16. The van der Waals surface area contributed by atoms with Crippen molar-refractivity contribution in [2.24, 2.45) is 0 Å². The molecule has 0 bridgehead atoms. The average Bonchev–Trinajstić information content (AvgIpc) is 3.40. The number of benzene rings is 4. The highest BCUT2D eigenvalue weighted by Gasteiger charge is 2.18. The molecule has 0 saturated carbocycles. The molecular weight excluding hydrogens is 408 g/mol. The number of fused-ring (bicyclic) bond motifs is 2. The van der Waals surface area contributed by atoms with Gasteiger partial charge in [0.25, 0.3) is 0 Å². The van der Waals surface area contributed by atoms with Gasteiger partial charge in [0.2, 0.25) is 0 Å². The van der Waals surface area contributed by atoms with E-state index in [2.05, 4.69) is 84.5 Å². The van der Waals surface area contributed by atoms with Gasteiger partial charge in [-0.1, -0.05) is 60.6 Å². The third kappa shape index (κ3) is 2.97. The maximum Gasteiger partial charge on any atom is 0.147 e. The topological polar surface area (TPSA) is 17.8 Å². The van der Waals surface area contributed by atoms with Gasteiger partial charge in [-0.2, -0.15) is 0 Å². The van der Waals surface area contributed by atoms with Crippen molar-refractivity contribution in [3.8, 4) is 28.2 Å². The summed E-state index contributed by atoms with van der Waals surface area (Å²) in [6, 6.07) is 29.8. The Morgan fingerprint density at radius 1 is 0.844 bits per heavy atom. The Kier molecular flexibility index (Phi) is 4.19. The van der Waals surface area contributed by atoms with Gasteiger partial charge in [-0.15, -0.1) is 11.3 Å². The van der Waals surface area contributed by atoms with Crippen molar-refractivity contribution >= 4 is 32.5 Å². The van der Waals surface area contributed by atoms with E-state index in [9.17, 15) is 0 Å². The first-order valence-electron chi connectivity index (χ1n) is 11.2. The molecule has 0 radical (unpaired) electrons. The number of aryl methyl sites for hydroxylation is 2. The van der Waals surface area contributed by atoms with Crippen LogP contribution in [-0.2, 0) is 0 Å². The van der Waals surface area contributed by atoms with E-state index in [-0.39, 0.29) is 0 Å². The lowest BCUT2D eigenvalue weighted by molar-refractivity contribution is 1.10. The van der Waals surface area contributed by atoms with Crippen LogP contribution in [0.4, 0.5) is 0 Å². The fraction of sp³-hybridized carbons (Fsp3) is 0.0690. The normalized spacial score (nSPS) is 11.9. The summed E-state index contributed by atoms with van der Waals surface area (Å²) >= 11 is 1.67. The van der Waals surface area contributed by atoms with Gasteiger partial charge < -0.3 is 0 Å². The SMILES string of the molecule is [2H]c1ccc2c(-c3nc4ccccc4n3-c3cc(C)c(-c4ccccc4)c(C)c3)csc2c1. The molecule has 0 spiro atoms. The Morgan fingerprint density at radius 3 is 2.41 bits per heavy atom. The second-order valence-electron chi connectivity index (χ2n) is 8.15. The molecule has 0 aliphatic rings. The van der Waals surface area contributed by atoms with E-state index in [4.69, 9.17) is 6.35 Å². The van der Waals surface area contributed by atoms with Gasteiger partial charge in [-0.05, 0) is 66.4 Å². The fourth-order valence-corrected chi connectivity index (χ4v) is 5.61. The van der Waals surface area contributed by atoms with Crippen LogP contribution >= 0.6 is 11.3 Å². The molecule has 2 aromatic heterocycles. The van der Waals surface area contributed by atoms with E-state index < -0.39 is 0 Å². The van der Waals surface area contributed by atoms with E-state index in [1.54, 1.807) is 11.3 Å². The first-order valence-corrected chi connectivity index (χ1v) is 11.6. The van der Waals surface area contributed by atoms with E-state index in [1.165, 1.54) is 22.3 Å². The van der Waals surface area contributed by atoms with Crippen LogP contribution in [0.3, 0.4) is 0 Å². The zero-order valence-electron chi connectivity index (χ0n) is 19.0. The van der Waals surface area contributed by atoms with E-state index in [0.717, 1.165) is 38.2 Å². The molecule has 4 aromatic carbocycles. The third-order valence-electron chi connectivity index (χ3n) is 6.06. The van der Waals surface area contributed by atoms with Crippen molar-refractivity contribution < 1.29 is 1.37 Å². The molecule has 2 nitrogen and oxygen atoms in total. The van der Waals surface area contributed by atoms with Crippen molar-refractivity contribution in [1.82, 2.24) is 9.55 Å². The van der Waals surface area contributed by atoms with Gasteiger partial charge in [0.1, 0.15) is 5.82 Å². The molecule has 3 heteroatoms. The molecule has 6 rings (SSSR count). The number of hydrogen-bond acceptors (Lipinski definition) is 2. The van der Waals surface area contributed by atoms with E-state index >= 15 is 0 Å². The quantitative estimate of drug-likeness (QED) is 0.276. The number of imidazole rings is 1. The summed E-state index contributed by atoms with van der Waals surface area (Å²) in [5.74, 6) is 0.937. The summed E-state index contributed by atoms with van der Waals surface area (Å²) in [7, 11) is 0. The highest BCUT2D eigenvalue weighted by Crippen LogP contribution is 2.38. The minimum absolute atomic E-state index is 0.534. The second kappa shape index (κ2) is 7.47. The molecule has 0 N–H and O–H groups in total. The lowest BCUT2D eigenvalue weighted by atomic mass is 9.95. The summed E-state index contributed by atoms with van der Waals surface area (Å²) in [5, 5.41) is 3.31. The number of para-hydroxylation sites is 2. The van der Waals surface area contributed by atoms with Gasteiger partial charge in [-0.3, -0.25) is 4.57 Å². The molecule has 32 heavy (non-hydrogen) atoms. The average molecular weight is 432 g/mol. The van der Waals surface area contributed by atoms with Crippen LogP contribution in [0, 0.1) is 13.8 Å². The highest BCUT2D eigenvalue weighted by atomic mass is 32.1. The van der Waals surface area contributed by atoms with Crippen LogP contribution in [-0.4, -0.2) is 9.55 Å². The van der Waals surface area contributed by atoms with Crippen LogP contribution in [0.5, 0.6) is 0 Å². The van der Waals surface area contributed by atoms with Crippen LogP contribution in [0.1, 0.15) is 12.5 Å². The molecular formula is C29H22N2S. The second-order valence-corrected chi connectivity index (χ2v) is 9.06. The minimum Gasteiger partial charge on any atom is -0.292 e. The first-order chi connectivity index (χ1) is 16.1. The summed E-state index contributed by atoms with van der Waals surface area (Å²) in [6.07, 6.45) is 0. The van der Waals surface area contributed by atoms with Crippen LogP contribution in [0.15, 0.2) is 96.4 Å². The van der Waals surface area contributed by atoms with Gasteiger partial charge in [0, 0.05) is 26.7 Å². The largest absolute Gasteiger partial charge is 0.292 e. The van der Waals surface area contributed by atoms with Gasteiger partial charge in [-0.25, -0.2) is 4.98 Å². The lowest BCUT2D eigenvalue weighted by Crippen LogP contribution is -2.00. The molecule has 0 aliphatic carbocycles. The Bertz CT molecular complexity index is 1620. The summed E-state index contributed by atoms with van der Waals surface area (Å²) in [5.41, 5.74) is 9.31.